The number of rotatable bonds is 4. The third-order valence-corrected chi connectivity index (χ3v) is 4.23. The highest BCUT2D eigenvalue weighted by molar-refractivity contribution is 6.32. The summed E-state index contributed by atoms with van der Waals surface area (Å²) in [5, 5.41) is 3.31. The minimum atomic E-state index is -0.224. The van der Waals surface area contributed by atoms with Gasteiger partial charge < -0.3 is 15.8 Å². The zero-order valence-corrected chi connectivity index (χ0v) is 14.7. The van der Waals surface area contributed by atoms with E-state index in [1.54, 1.807) is 42.5 Å². The molecule has 6 heteroatoms. The van der Waals surface area contributed by atoms with E-state index < -0.39 is 0 Å². The van der Waals surface area contributed by atoms with Crippen LogP contribution in [-0.4, -0.2) is 12.0 Å². The molecular formula is C18H20Cl2N2O2. The largest absolute Gasteiger partial charge is 0.489 e. The van der Waals surface area contributed by atoms with Crippen LogP contribution in [0.2, 0.25) is 5.02 Å². The first-order valence-electron chi connectivity index (χ1n) is 7.75. The van der Waals surface area contributed by atoms with Crippen molar-refractivity contribution >= 4 is 41.3 Å². The van der Waals surface area contributed by atoms with Gasteiger partial charge in [-0.15, -0.1) is 12.4 Å². The molecule has 1 saturated carbocycles. The summed E-state index contributed by atoms with van der Waals surface area (Å²) in [4.78, 5) is 12.2. The van der Waals surface area contributed by atoms with Gasteiger partial charge >= 0.3 is 0 Å². The van der Waals surface area contributed by atoms with E-state index in [9.17, 15) is 4.79 Å². The highest BCUT2D eigenvalue weighted by Gasteiger charge is 2.18. The minimum Gasteiger partial charge on any atom is -0.489 e. The molecule has 0 unspecified atom stereocenters. The molecule has 2 aromatic carbocycles. The smallest absolute Gasteiger partial charge is 0.255 e. The number of hydrogen-bond donors (Lipinski definition) is 2. The van der Waals surface area contributed by atoms with Crippen molar-refractivity contribution in [1.29, 1.82) is 0 Å². The predicted octanol–water partition coefficient (Wildman–Crippen LogP) is 4.92. The maximum absolute atomic E-state index is 12.2. The first kappa shape index (κ1) is 18.4. The van der Waals surface area contributed by atoms with Crippen LogP contribution in [0.15, 0.2) is 42.5 Å². The molecule has 24 heavy (non-hydrogen) atoms. The van der Waals surface area contributed by atoms with Gasteiger partial charge in [-0.25, -0.2) is 0 Å². The summed E-state index contributed by atoms with van der Waals surface area (Å²) in [6.07, 6.45) is 4.81. The quantitative estimate of drug-likeness (QED) is 0.754. The van der Waals surface area contributed by atoms with Gasteiger partial charge in [0, 0.05) is 16.9 Å². The van der Waals surface area contributed by atoms with Gasteiger partial charge in [-0.3, -0.25) is 4.79 Å². The Bertz CT molecular complexity index is 716. The number of amides is 1. The molecule has 0 atom stereocenters. The number of benzene rings is 2. The number of nitrogens with one attached hydrogen (secondary N) is 1. The van der Waals surface area contributed by atoms with E-state index in [2.05, 4.69) is 5.32 Å². The predicted molar refractivity (Wildman–Crippen MR) is 100 cm³/mol. The van der Waals surface area contributed by atoms with E-state index in [0.717, 1.165) is 12.8 Å². The van der Waals surface area contributed by atoms with Crippen molar-refractivity contribution in [3.63, 3.8) is 0 Å². The summed E-state index contributed by atoms with van der Waals surface area (Å²) in [6.45, 7) is 0. The summed E-state index contributed by atoms with van der Waals surface area (Å²) in [7, 11) is 0. The third kappa shape index (κ3) is 4.56. The van der Waals surface area contributed by atoms with Gasteiger partial charge in [-0.05, 0) is 62.1 Å². The molecule has 0 radical (unpaired) electrons. The Morgan fingerprint density at radius 2 is 1.92 bits per heavy atom. The fraction of sp³-hybridized carbons (Fsp3) is 0.278. The number of ether oxygens (including phenoxy) is 1. The molecule has 3 rings (SSSR count). The van der Waals surface area contributed by atoms with E-state index in [4.69, 9.17) is 22.1 Å². The van der Waals surface area contributed by atoms with E-state index in [0.29, 0.717) is 27.7 Å². The minimum absolute atomic E-state index is 0. The van der Waals surface area contributed by atoms with Crippen LogP contribution < -0.4 is 15.8 Å². The van der Waals surface area contributed by atoms with Crippen LogP contribution in [0, 0.1) is 0 Å². The summed E-state index contributed by atoms with van der Waals surface area (Å²) in [5.74, 6) is 0.443. The van der Waals surface area contributed by atoms with Crippen molar-refractivity contribution in [3.05, 3.63) is 53.1 Å². The molecule has 128 valence electrons. The number of carbonyl (C=O) groups excluding carboxylic acids is 1. The highest BCUT2D eigenvalue weighted by Crippen LogP contribution is 2.31. The number of halogens is 2. The lowest BCUT2D eigenvalue weighted by Gasteiger charge is -2.15. The van der Waals surface area contributed by atoms with Gasteiger partial charge in [0.05, 0.1) is 11.1 Å². The van der Waals surface area contributed by atoms with Crippen molar-refractivity contribution in [3.8, 4) is 5.75 Å². The Labute approximate surface area is 152 Å². The third-order valence-electron chi connectivity index (χ3n) is 3.93. The van der Waals surface area contributed by atoms with Crippen molar-refractivity contribution in [2.24, 2.45) is 0 Å². The number of carbonyl (C=O) groups is 1. The topological polar surface area (TPSA) is 64.4 Å². The van der Waals surface area contributed by atoms with E-state index >= 15 is 0 Å². The maximum Gasteiger partial charge on any atom is 0.255 e. The van der Waals surface area contributed by atoms with Gasteiger partial charge in [0.15, 0.2) is 0 Å². The maximum atomic E-state index is 12.2. The fourth-order valence-electron chi connectivity index (χ4n) is 2.74. The number of nitrogens with two attached hydrogens (primary N) is 1. The van der Waals surface area contributed by atoms with Crippen molar-refractivity contribution in [2.45, 2.75) is 31.8 Å². The number of nitrogen functional groups attached to an aromatic ring is 1. The number of anilines is 2. The Morgan fingerprint density at radius 3 is 2.58 bits per heavy atom. The lowest BCUT2D eigenvalue weighted by atomic mass is 10.2. The normalized spacial score (nSPS) is 14.0. The van der Waals surface area contributed by atoms with Gasteiger partial charge in [0.1, 0.15) is 5.75 Å². The second-order valence-corrected chi connectivity index (χ2v) is 6.16. The van der Waals surface area contributed by atoms with E-state index in [-0.39, 0.29) is 24.4 Å². The molecule has 0 spiro atoms. The van der Waals surface area contributed by atoms with Crippen LogP contribution in [0.5, 0.6) is 5.75 Å². The van der Waals surface area contributed by atoms with Crippen LogP contribution in [0.1, 0.15) is 36.0 Å². The summed E-state index contributed by atoms with van der Waals surface area (Å²) in [5.41, 5.74) is 7.38. The summed E-state index contributed by atoms with van der Waals surface area (Å²) >= 11 is 6.27. The van der Waals surface area contributed by atoms with Crippen LogP contribution in [0.25, 0.3) is 0 Å². The average Bonchev–Trinajstić information content (AvgIpc) is 3.03. The molecule has 1 amide bonds. The van der Waals surface area contributed by atoms with Gasteiger partial charge in [-0.1, -0.05) is 17.7 Å². The fourth-order valence-corrected chi connectivity index (χ4v) is 2.97. The zero-order valence-electron chi connectivity index (χ0n) is 13.1. The zero-order chi connectivity index (χ0) is 16.2. The standard InChI is InChI=1S/C18H19ClN2O2.ClH/c19-16-11-14(8-9-17(16)23-15-6-1-2-7-15)21-18(22)12-4-3-5-13(20)10-12;/h3-5,8-11,15H,1-2,6-7,20H2,(H,21,22);1H. The van der Waals surface area contributed by atoms with Crippen molar-refractivity contribution in [2.75, 3.05) is 11.1 Å². The van der Waals surface area contributed by atoms with E-state index in [1.807, 2.05) is 0 Å². The first-order chi connectivity index (χ1) is 11.1. The van der Waals surface area contributed by atoms with E-state index in [1.165, 1.54) is 12.8 Å². The van der Waals surface area contributed by atoms with Gasteiger partial charge in [-0.2, -0.15) is 0 Å². The monoisotopic (exact) mass is 366 g/mol. The molecule has 0 aromatic heterocycles. The summed E-state index contributed by atoms with van der Waals surface area (Å²) in [6, 6.07) is 12.1. The molecule has 0 bridgehead atoms. The lowest BCUT2D eigenvalue weighted by molar-refractivity contribution is 0.102. The molecule has 0 saturated heterocycles. The Hall–Kier alpha value is -1.91. The molecular weight excluding hydrogens is 347 g/mol. The van der Waals surface area contributed by atoms with Gasteiger partial charge in [0.25, 0.3) is 5.91 Å². The molecule has 1 fully saturated rings. The van der Waals surface area contributed by atoms with Crippen LogP contribution >= 0.6 is 24.0 Å². The van der Waals surface area contributed by atoms with Crippen molar-refractivity contribution in [1.82, 2.24) is 0 Å². The number of hydrogen-bond acceptors (Lipinski definition) is 3. The van der Waals surface area contributed by atoms with Crippen molar-refractivity contribution < 1.29 is 9.53 Å². The van der Waals surface area contributed by atoms with Crippen LogP contribution in [0.3, 0.4) is 0 Å². The molecule has 0 heterocycles. The SMILES string of the molecule is Cl.Nc1cccc(C(=O)Nc2ccc(OC3CCCC3)c(Cl)c2)c1. The molecule has 0 aliphatic heterocycles. The average molecular weight is 367 g/mol. The second-order valence-electron chi connectivity index (χ2n) is 5.75. The Balaban J connectivity index is 0.00000208. The second kappa shape index (κ2) is 8.27. The van der Waals surface area contributed by atoms with Crippen LogP contribution in [0.4, 0.5) is 11.4 Å². The molecule has 2 aromatic rings. The highest BCUT2D eigenvalue weighted by atomic mass is 35.5. The molecule has 1 aliphatic carbocycles. The molecule has 4 nitrogen and oxygen atoms in total. The lowest BCUT2D eigenvalue weighted by Crippen LogP contribution is -2.13. The Kier molecular flexibility index (Phi) is 6.35. The molecule has 3 N–H and O–H groups in total. The summed E-state index contributed by atoms with van der Waals surface area (Å²) < 4.78 is 5.91. The Morgan fingerprint density at radius 1 is 1.17 bits per heavy atom. The van der Waals surface area contributed by atoms with Gasteiger partial charge in [0.2, 0.25) is 0 Å². The first-order valence-corrected chi connectivity index (χ1v) is 8.13. The van der Waals surface area contributed by atoms with Crippen LogP contribution in [-0.2, 0) is 0 Å². The molecule has 1 aliphatic rings.